The normalized spacial score (nSPS) is 9.64. The molecule has 11 heavy (non-hydrogen) atoms. The third-order valence-electron chi connectivity index (χ3n) is 1.47. The molecule has 3 nitrogen and oxygen atoms in total. The summed E-state index contributed by atoms with van der Waals surface area (Å²) < 4.78 is 0. The summed E-state index contributed by atoms with van der Waals surface area (Å²) in [7, 11) is 3.85. The first kappa shape index (κ1) is 10.5. The lowest BCUT2D eigenvalue weighted by Crippen LogP contribution is -2.25. The Hall–Kier alpha value is -0.540. The molecule has 0 aromatic carbocycles. The van der Waals surface area contributed by atoms with E-state index in [1.165, 1.54) is 0 Å². The van der Waals surface area contributed by atoms with Gasteiger partial charge in [-0.2, -0.15) is 0 Å². The van der Waals surface area contributed by atoms with Gasteiger partial charge in [0.2, 0.25) is 0 Å². The molecule has 3 N–H and O–H groups in total. The van der Waals surface area contributed by atoms with Gasteiger partial charge in [0.15, 0.2) is 0 Å². The molecule has 0 aliphatic carbocycles. The van der Waals surface area contributed by atoms with Gasteiger partial charge >= 0.3 is 0 Å². The van der Waals surface area contributed by atoms with Crippen molar-refractivity contribution in [1.82, 2.24) is 16.0 Å². The van der Waals surface area contributed by atoms with Crippen molar-refractivity contribution in [2.75, 3.05) is 33.7 Å². The minimum Gasteiger partial charge on any atom is -0.391 e. The fourth-order valence-electron chi connectivity index (χ4n) is 0.718. The zero-order chi connectivity index (χ0) is 8.53. The molecule has 0 fully saturated rings. The molecule has 0 radical (unpaired) electrons. The molecule has 0 amide bonds. The molecule has 0 bridgehead atoms. The van der Waals surface area contributed by atoms with E-state index in [9.17, 15) is 0 Å². The molecule has 0 spiro atoms. The second-order valence-corrected chi connectivity index (χ2v) is 2.49. The second-order valence-electron chi connectivity index (χ2n) is 2.49. The van der Waals surface area contributed by atoms with Crippen LogP contribution in [0.2, 0.25) is 0 Å². The van der Waals surface area contributed by atoms with Crippen LogP contribution in [0.4, 0.5) is 0 Å². The zero-order valence-corrected chi connectivity index (χ0v) is 7.54. The van der Waals surface area contributed by atoms with Gasteiger partial charge in [-0.1, -0.05) is 6.58 Å². The van der Waals surface area contributed by atoms with Crippen molar-refractivity contribution >= 4 is 0 Å². The highest BCUT2D eigenvalue weighted by Gasteiger charge is 1.88. The van der Waals surface area contributed by atoms with Gasteiger partial charge in [0.1, 0.15) is 0 Å². The van der Waals surface area contributed by atoms with Crippen LogP contribution >= 0.6 is 0 Å². The molecule has 0 heterocycles. The fourth-order valence-corrected chi connectivity index (χ4v) is 0.718. The minimum atomic E-state index is 0.861. The maximum atomic E-state index is 3.80. The molecule has 0 aromatic heterocycles. The molecule has 66 valence electrons. The summed E-state index contributed by atoms with van der Waals surface area (Å²) in [5, 5.41) is 9.34. The summed E-state index contributed by atoms with van der Waals surface area (Å²) >= 11 is 0. The Bertz CT molecular complexity index is 102. The van der Waals surface area contributed by atoms with Crippen LogP contribution in [0.15, 0.2) is 12.3 Å². The summed E-state index contributed by atoms with van der Waals surface area (Å²) in [6, 6.07) is 0. The Balaban J connectivity index is 2.95. The average molecular weight is 157 g/mol. The van der Waals surface area contributed by atoms with Gasteiger partial charge in [0.25, 0.3) is 0 Å². The average Bonchev–Trinajstić information content (AvgIpc) is 2.04. The van der Waals surface area contributed by atoms with Crippen LogP contribution in [0.1, 0.15) is 6.42 Å². The van der Waals surface area contributed by atoms with E-state index in [2.05, 4.69) is 22.5 Å². The van der Waals surface area contributed by atoms with Crippen molar-refractivity contribution in [3.05, 3.63) is 12.3 Å². The monoisotopic (exact) mass is 157 g/mol. The SMILES string of the molecule is C=C(CNCCCNC)NC. The molecule has 3 heteroatoms. The van der Waals surface area contributed by atoms with E-state index in [1.807, 2.05) is 14.1 Å². The van der Waals surface area contributed by atoms with E-state index in [4.69, 9.17) is 0 Å². The minimum absolute atomic E-state index is 0.861. The van der Waals surface area contributed by atoms with Crippen molar-refractivity contribution in [2.24, 2.45) is 0 Å². The zero-order valence-electron chi connectivity index (χ0n) is 7.54. The second kappa shape index (κ2) is 7.57. The van der Waals surface area contributed by atoms with E-state index >= 15 is 0 Å². The van der Waals surface area contributed by atoms with E-state index in [1.54, 1.807) is 0 Å². The van der Waals surface area contributed by atoms with E-state index in [0.717, 1.165) is 31.8 Å². The summed E-state index contributed by atoms with van der Waals surface area (Å²) in [4.78, 5) is 0. The molecule has 0 unspecified atom stereocenters. The lowest BCUT2D eigenvalue weighted by atomic mass is 10.4. The van der Waals surface area contributed by atoms with Gasteiger partial charge in [0, 0.05) is 19.3 Å². The predicted octanol–water partition coefficient (Wildman–Crippen LogP) is -0.0814. The molecule has 0 atom stereocenters. The largest absolute Gasteiger partial charge is 0.391 e. The van der Waals surface area contributed by atoms with Crippen LogP contribution in [0.25, 0.3) is 0 Å². The summed E-state index contributed by atoms with van der Waals surface area (Å²) in [6.07, 6.45) is 1.16. The molecular weight excluding hydrogens is 138 g/mol. The van der Waals surface area contributed by atoms with Gasteiger partial charge in [-0.05, 0) is 26.6 Å². The van der Waals surface area contributed by atoms with Crippen LogP contribution in [0, 0.1) is 0 Å². The number of likely N-dealkylation sites (N-methyl/N-ethyl adjacent to an activating group) is 1. The fraction of sp³-hybridized carbons (Fsp3) is 0.750. The third-order valence-corrected chi connectivity index (χ3v) is 1.47. The van der Waals surface area contributed by atoms with Crippen LogP contribution < -0.4 is 16.0 Å². The molecule has 0 aliphatic rings. The molecule has 0 saturated heterocycles. The number of hydrogen-bond donors (Lipinski definition) is 3. The summed E-state index contributed by atoms with van der Waals surface area (Å²) in [6.45, 7) is 6.77. The summed E-state index contributed by atoms with van der Waals surface area (Å²) in [5.74, 6) is 0. The lowest BCUT2D eigenvalue weighted by molar-refractivity contribution is 0.639. The smallest absolute Gasteiger partial charge is 0.0347 e. The van der Waals surface area contributed by atoms with E-state index in [-0.39, 0.29) is 0 Å². The molecule has 0 rings (SSSR count). The summed E-state index contributed by atoms with van der Waals surface area (Å²) in [5.41, 5.74) is 1.04. The van der Waals surface area contributed by atoms with Crippen molar-refractivity contribution < 1.29 is 0 Å². The Morgan fingerprint density at radius 2 is 2.00 bits per heavy atom. The van der Waals surface area contributed by atoms with Gasteiger partial charge in [0.05, 0.1) is 0 Å². The van der Waals surface area contributed by atoms with Crippen LogP contribution in [-0.4, -0.2) is 33.7 Å². The predicted molar refractivity (Wildman–Crippen MR) is 49.6 cm³/mol. The third kappa shape index (κ3) is 7.36. The maximum Gasteiger partial charge on any atom is 0.0347 e. The van der Waals surface area contributed by atoms with E-state index < -0.39 is 0 Å². The Morgan fingerprint density at radius 1 is 1.27 bits per heavy atom. The van der Waals surface area contributed by atoms with Crippen molar-refractivity contribution in [2.45, 2.75) is 6.42 Å². The van der Waals surface area contributed by atoms with Gasteiger partial charge in [-0.25, -0.2) is 0 Å². The van der Waals surface area contributed by atoms with Crippen LogP contribution in [0.3, 0.4) is 0 Å². The number of rotatable bonds is 7. The highest BCUT2D eigenvalue weighted by molar-refractivity contribution is 4.91. The molecule has 0 saturated carbocycles. The quantitative estimate of drug-likeness (QED) is 0.452. The first-order valence-electron chi connectivity index (χ1n) is 4.02. The first-order valence-corrected chi connectivity index (χ1v) is 4.02. The number of hydrogen-bond acceptors (Lipinski definition) is 3. The molecule has 0 aromatic rings. The maximum absolute atomic E-state index is 3.80. The van der Waals surface area contributed by atoms with Crippen LogP contribution in [0.5, 0.6) is 0 Å². The first-order chi connectivity index (χ1) is 5.31. The van der Waals surface area contributed by atoms with Gasteiger partial charge in [-0.15, -0.1) is 0 Å². The Labute approximate surface area is 69.3 Å². The highest BCUT2D eigenvalue weighted by Crippen LogP contribution is 1.78. The Kier molecular flexibility index (Phi) is 7.19. The van der Waals surface area contributed by atoms with Crippen molar-refractivity contribution in [1.29, 1.82) is 0 Å². The van der Waals surface area contributed by atoms with Crippen LogP contribution in [-0.2, 0) is 0 Å². The van der Waals surface area contributed by atoms with Crippen molar-refractivity contribution in [3.63, 3.8) is 0 Å². The van der Waals surface area contributed by atoms with Crippen molar-refractivity contribution in [3.8, 4) is 0 Å². The van der Waals surface area contributed by atoms with Gasteiger partial charge < -0.3 is 16.0 Å². The highest BCUT2D eigenvalue weighted by atomic mass is 14.9. The lowest BCUT2D eigenvalue weighted by Gasteiger charge is -2.06. The Morgan fingerprint density at radius 3 is 2.55 bits per heavy atom. The number of nitrogens with one attached hydrogen (secondary N) is 3. The van der Waals surface area contributed by atoms with Gasteiger partial charge in [-0.3, -0.25) is 0 Å². The molecular formula is C8H19N3. The standard InChI is InChI=1S/C8H19N3/c1-8(10-3)7-11-6-4-5-9-2/h9-11H,1,4-7H2,2-3H3. The topological polar surface area (TPSA) is 36.1 Å². The molecule has 0 aliphatic heterocycles. The van der Waals surface area contributed by atoms with E-state index in [0.29, 0.717) is 0 Å².